The first kappa shape index (κ1) is 17.9. The Labute approximate surface area is 159 Å². The number of rotatable bonds is 4. The summed E-state index contributed by atoms with van der Waals surface area (Å²) in [5.41, 5.74) is 2.68. The molecule has 1 heterocycles. The van der Waals surface area contributed by atoms with E-state index >= 15 is 0 Å². The van der Waals surface area contributed by atoms with E-state index in [9.17, 15) is 13.2 Å². The second-order valence-corrected chi connectivity index (χ2v) is 6.17. The molecule has 0 spiro atoms. The number of hydrogen-bond acceptors (Lipinski definition) is 2. The van der Waals surface area contributed by atoms with Crippen LogP contribution in [0.15, 0.2) is 66.7 Å². The molecule has 3 aromatic carbocycles. The lowest BCUT2D eigenvalue weighted by Gasteiger charge is -2.03. The molecule has 0 unspecified atom stereocenters. The molecule has 1 aromatic heterocycles. The highest BCUT2D eigenvalue weighted by atomic mass is 19.1. The molecule has 0 saturated carbocycles. The summed E-state index contributed by atoms with van der Waals surface area (Å²) in [5.74, 6) is -0.536. The summed E-state index contributed by atoms with van der Waals surface area (Å²) in [4.78, 5) is 7.66. The number of nitrogens with one attached hydrogen (secondary N) is 1. The van der Waals surface area contributed by atoms with Crippen LogP contribution in [0.2, 0.25) is 0 Å². The molecule has 1 N–H and O–H groups in total. The van der Waals surface area contributed by atoms with Gasteiger partial charge < -0.3 is 9.72 Å². The number of aromatic amines is 1. The molecule has 0 aliphatic rings. The summed E-state index contributed by atoms with van der Waals surface area (Å²) in [5, 5.41) is 0. The fraction of sp³-hybridized carbons (Fsp3) is 0.0455. The first-order valence-electron chi connectivity index (χ1n) is 8.51. The van der Waals surface area contributed by atoms with Gasteiger partial charge in [-0.3, -0.25) is 0 Å². The summed E-state index contributed by atoms with van der Waals surface area (Å²) < 4.78 is 46.2. The van der Waals surface area contributed by atoms with E-state index in [1.54, 1.807) is 36.4 Å². The van der Waals surface area contributed by atoms with Gasteiger partial charge in [-0.1, -0.05) is 0 Å². The average molecular weight is 380 g/mol. The molecule has 4 aromatic rings. The van der Waals surface area contributed by atoms with Crippen molar-refractivity contribution in [3.05, 3.63) is 84.2 Å². The van der Waals surface area contributed by atoms with E-state index in [1.165, 1.54) is 37.4 Å². The molecule has 0 atom stereocenters. The number of methoxy groups -OCH3 is 1. The van der Waals surface area contributed by atoms with Gasteiger partial charge in [-0.05, 0) is 60.7 Å². The van der Waals surface area contributed by atoms with Crippen LogP contribution in [-0.4, -0.2) is 17.1 Å². The van der Waals surface area contributed by atoms with Crippen LogP contribution in [0.4, 0.5) is 13.2 Å². The Hall–Kier alpha value is -3.54. The van der Waals surface area contributed by atoms with Crippen molar-refractivity contribution in [3.63, 3.8) is 0 Å². The van der Waals surface area contributed by atoms with Crippen molar-refractivity contribution in [2.45, 2.75) is 0 Å². The van der Waals surface area contributed by atoms with Gasteiger partial charge in [0.05, 0.1) is 24.1 Å². The second kappa shape index (κ2) is 7.23. The van der Waals surface area contributed by atoms with Crippen molar-refractivity contribution >= 4 is 0 Å². The van der Waals surface area contributed by atoms with Gasteiger partial charge in [0.15, 0.2) is 0 Å². The van der Waals surface area contributed by atoms with Gasteiger partial charge in [0.1, 0.15) is 29.0 Å². The summed E-state index contributed by atoms with van der Waals surface area (Å²) in [6, 6.07) is 16.2. The predicted octanol–water partition coefficient (Wildman–Crippen LogP) is 5.84. The number of benzene rings is 3. The van der Waals surface area contributed by atoms with E-state index in [4.69, 9.17) is 4.74 Å². The van der Waals surface area contributed by atoms with Gasteiger partial charge in [-0.2, -0.15) is 0 Å². The van der Waals surface area contributed by atoms with E-state index in [0.717, 1.165) is 0 Å². The molecular weight excluding hydrogens is 365 g/mol. The molecule has 28 heavy (non-hydrogen) atoms. The van der Waals surface area contributed by atoms with Crippen molar-refractivity contribution in [2.75, 3.05) is 7.11 Å². The maximum absolute atomic E-state index is 14.5. The highest BCUT2D eigenvalue weighted by Crippen LogP contribution is 2.34. The number of aromatic nitrogens is 2. The van der Waals surface area contributed by atoms with Gasteiger partial charge in [-0.15, -0.1) is 0 Å². The molecule has 4 rings (SSSR count). The quantitative estimate of drug-likeness (QED) is 0.483. The third-order valence-electron chi connectivity index (χ3n) is 4.39. The molecule has 6 heteroatoms. The third kappa shape index (κ3) is 3.36. The lowest BCUT2D eigenvalue weighted by Crippen LogP contribution is -1.89. The smallest absolute Gasteiger partial charge is 0.141 e. The summed E-state index contributed by atoms with van der Waals surface area (Å²) in [6.45, 7) is 0. The molecule has 0 saturated heterocycles. The van der Waals surface area contributed by atoms with Crippen LogP contribution >= 0.6 is 0 Å². The Bertz CT molecular complexity index is 1060. The number of hydrogen-bond donors (Lipinski definition) is 1. The normalized spacial score (nSPS) is 10.9. The van der Waals surface area contributed by atoms with E-state index < -0.39 is 5.82 Å². The topological polar surface area (TPSA) is 37.9 Å². The summed E-state index contributed by atoms with van der Waals surface area (Å²) >= 11 is 0. The minimum absolute atomic E-state index is 0.262. The van der Waals surface area contributed by atoms with Gasteiger partial charge in [0, 0.05) is 17.2 Å². The molecule has 0 amide bonds. The van der Waals surface area contributed by atoms with E-state index in [0.29, 0.717) is 34.1 Å². The van der Waals surface area contributed by atoms with Crippen molar-refractivity contribution in [1.82, 2.24) is 9.97 Å². The Morgan fingerprint density at radius 1 is 0.786 bits per heavy atom. The number of nitrogens with zero attached hydrogens (tertiary/aromatic N) is 1. The molecule has 0 bridgehead atoms. The van der Waals surface area contributed by atoms with Crippen molar-refractivity contribution < 1.29 is 17.9 Å². The fourth-order valence-electron chi connectivity index (χ4n) is 2.96. The lowest BCUT2D eigenvalue weighted by atomic mass is 10.1. The highest BCUT2D eigenvalue weighted by molar-refractivity contribution is 5.81. The standard InChI is InChI=1S/C22H15F3N2O/c1-28-17-10-11-18(19(25)12-17)22-26-20(13-2-6-15(23)7-3-13)21(27-22)14-4-8-16(24)9-5-14/h2-12H,1H3,(H,26,27). The van der Waals surface area contributed by atoms with Crippen LogP contribution in [0.1, 0.15) is 0 Å². The number of ether oxygens (including phenoxy) is 1. The van der Waals surface area contributed by atoms with Gasteiger partial charge >= 0.3 is 0 Å². The Kier molecular flexibility index (Phi) is 4.61. The molecule has 0 aliphatic heterocycles. The number of H-pyrrole nitrogens is 1. The first-order valence-corrected chi connectivity index (χ1v) is 8.51. The highest BCUT2D eigenvalue weighted by Gasteiger charge is 2.18. The van der Waals surface area contributed by atoms with Crippen molar-refractivity contribution in [1.29, 1.82) is 0 Å². The number of halogens is 3. The molecule has 3 nitrogen and oxygen atoms in total. The van der Waals surface area contributed by atoms with Crippen LogP contribution in [0.3, 0.4) is 0 Å². The molecular formula is C22H15F3N2O. The molecule has 140 valence electrons. The van der Waals surface area contributed by atoms with Crippen LogP contribution in [0.25, 0.3) is 33.9 Å². The van der Waals surface area contributed by atoms with Crippen LogP contribution in [0.5, 0.6) is 5.75 Å². The number of imidazole rings is 1. The SMILES string of the molecule is COc1ccc(-c2nc(-c3ccc(F)cc3)c(-c3ccc(F)cc3)[nH]2)c(F)c1. The van der Waals surface area contributed by atoms with E-state index in [-0.39, 0.29) is 17.2 Å². The zero-order valence-electron chi connectivity index (χ0n) is 14.8. The molecule has 0 aliphatic carbocycles. The lowest BCUT2D eigenvalue weighted by molar-refractivity contribution is 0.411. The molecule has 0 fully saturated rings. The zero-order valence-corrected chi connectivity index (χ0v) is 14.8. The van der Waals surface area contributed by atoms with Crippen molar-refractivity contribution in [2.24, 2.45) is 0 Å². The Morgan fingerprint density at radius 2 is 1.39 bits per heavy atom. The summed E-state index contributed by atoms with van der Waals surface area (Å²) in [6.07, 6.45) is 0. The van der Waals surface area contributed by atoms with Crippen LogP contribution in [-0.2, 0) is 0 Å². The maximum Gasteiger partial charge on any atom is 0.141 e. The van der Waals surface area contributed by atoms with Gasteiger partial charge in [0.2, 0.25) is 0 Å². The minimum atomic E-state index is -0.496. The second-order valence-electron chi connectivity index (χ2n) is 6.17. The minimum Gasteiger partial charge on any atom is -0.497 e. The zero-order chi connectivity index (χ0) is 19.7. The summed E-state index contributed by atoms with van der Waals surface area (Å²) in [7, 11) is 1.46. The van der Waals surface area contributed by atoms with Gasteiger partial charge in [0.25, 0.3) is 0 Å². The van der Waals surface area contributed by atoms with E-state index in [1.807, 2.05) is 0 Å². The van der Waals surface area contributed by atoms with Crippen molar-refractivity contribution in [3.8, 4) is 39.7 Å². The molecule has 0 radical (unpaired) electrons. The third-order valence-corrected chi connectivity index (χ3v) is 4.39. The fourth-order valence-corrected chi connectivity index (χ4v) is 2.96. The maximum atomic E-state index is 14.5. The van der Waals surface area contributed by atoms with E-state index in [2.05, 4.69) is 9.97 Å². The first-order chi connectivity index (χ1) is 13.5. The largest absolute Gasteiger partial charge is 0.497 e. The van der Waals surface area contributed by atoms with Crippen LogP contribution in [0, 0.1) is 17.5 Å². The predicted molar refractivity (Wildman–Crippen MR) is 101 cm³/mol. The Balaban J connectivity index is 1.89. The van der Waals surface area contributed by atoms with Crippen LogP contribution < -0.4 is 4.74 Å². The Morgan fingerprint density at radius 3 is 1.96 bits per heavy atom. The van der Waals surface area contributed by atoms with Gasteiger partial charge in [-0.25, -0.2) is 18.2 Å². The average Bonchev–Trinajstić information content (AvgIpc) is 3.14. The monoisotopic (exact) mass is 380 g/mol.